The largest absolute Gasteiger partial charge is 0.496 e. The van der Waals surface area contributed by atoms with Gasteiger partial charge in [0.1, 0.15) is 28.7 Å². The fraction of sp³-hybridized carbons (Fsp3) is 0.269. The standard InChI is InChI=1S/C26H24F3N5O3/c1-37-21-7-6-14(27)10-16(21)25(35)31-11-17-19(28)8-13(9-20(17)29)18-12-34(15-4-2-3-5-15)23-22(18)24(30)32-33-26(23)36/h6-10,12,15H,2-5,11H2,1H3,(H2,30,32)(H,31,35)(H,33,36). The highest BCUT2D eigenvalue weighted by atomic mass is 19.1. The number of nitrogens with two attached hydrogens (primary N) is 1. The fourth-order valence-electron chi connectivity index (χ4n) is 4.97. The first-order chi connectivity index (χ1) is 17.8. The van der Waals surface area contributed by atoms with Crippen LogP contribution in [0, 0.1) is 17.5 Å². The number of rotatable bonds is 6. The van der Waals surface area contributed by atoms with Crippen molar-refractivity contribution in [1.29, 1.82) is 0 Å². The Hall–Kier alpha value is -4.28. The molecule has 0 unspecified atom stereocenters. The van der Waals surface area contributed by atoms with Gasteiger partial charge in [-0.25, -0.2) is 18.3 Å². The van der Waals surface area contributed by atoms with Gasteiger partial charge in [-0.3, -0.25) is 9.59 Å². The summed E-state index contributed by atoms with van der Waals surface area (Å²) in [6.07, 6.45) is 5.48. The van der Waals surface area contributed by atoms with Gasteiger partial charge in [-0.15, -0.1) is 0 Å². The van der Waals surface area contributed by atoms with Crippen molar-refractivity contribution in [1.82, 2.24) is 20.1 Å². The molecule has 192 valence electrons. The Morgan fingerprint density at radius 3 is 2.57 bits per heavy atom. The normalized spacial score (nSPS) is 13.8. The van der Waals surface area contributed by atoms with E-state index in [9.17, 15) is 14.0 Å². The number of aromatic nitrogens is 3. The number of H-pyrrole nitrogens is 1. The number of nitrogens with one attached hydrogen (secondary N) is 2. The third-order valence-corrected chi connectivity index (χ3v) is 6.78. The van der Waals surface area contributed by atoms with Crippen molar-refractivity contribution in [2.75, 3.05) is 12.8 Å². The topological polar surface area (TPSA) is 115 Å². The van der Waals surface area contributed by atoms with Gasteiger partial charge in [0.15, 0.2) is 5.82 Å². The number of ether oxygens (including phenoxy) is 1. The minimum Gasteiger partial charge on any atom is -0.496 e. The van der Waals surface area contributed by atoms with Crippen LogP contribution < -0.4 is 21.3 Å². The van der Waals surface area contributed by atoms with E-state index in [4.69, 9.17) is 10.5 Å². The van der Waals surface area contributed by atoms with E-state index in [1.807, 2.05) is 4.57 Å². The summed E-state index contributed by atoms with van der Waals surface area (Å²) in [6.45, 7) is -0.482. The maximum Gasteiger partial charge on any atom is 0.288 e. The summed E-state index contributed by atoms with van der Waals surface area (Å²) in [7, 11) is 1.32. The second-order valence-electron chi connectivity index (χ2n) is 9.00. The number of hydrogen-bond donors (Lipinski definition) is 3. The van der Waals surface area contributed by atoms with Gasteiger partial charge in [0.05, 0.1) is 18.1 Å². The van der Waals surface area contributed by atoms with Crippen LogP contribution >= 0.6 is 0 Å². The molecule has 1 fully saturated rings. The second-order valence-corrected chi connectivity index (χ2v) is 9.00. The molecule has 1 aliphatic rings. The number of hydrogen-bond acceptors (Lipinski definition) is 5. The van der Waals surface area contributed by atoms with Crippen LogP contribution in [0.25, 0.3) is 22.0 Å². The van der Waals surface area contributed by atoms with Gasteiger partial charge in [0.2, 0.25) is 0 Å². The van der Waals surface area contributed by atoms with Gasteiger partial charge in [0.25, 0.3) is 11.5 Å². The number of aromatic amines is 1. The number of benzene rings is 2. The van der Waals surface area contributed by atoms with Gasteiger partial charge < -0.3 is 20.4 Å². The zero-order valence-corrected chi connectivity index (χ0v) is 19.9. The number of carbonyl (C=O) groups is 1. The molecule has 0 radical (unpaired) electrons. The highest BCUT2D eigenvalue weighted by Gasteiger charge is 2.25. The Morgan fingerprint density at radius 1 is 1.19 bits per heavy atom. The predicted octanol–water partition coefficient (Wildman–Crippen LogP) is 4.44. The predicted molar refractivity (Wildman–Crippen MR) is 132 cm³/mol. The zero-order chi connectivity index (χ0) is 26.3. The van der Waals surface area contributed by atoms with Gasteiger partial charge in [-0.05, 0) is 48.7 Å². The van der Waals surface area contributed by atoms with Crippen LogP contribution in [0.2, 0.25) is 0 Å². The van der Waals surface area contributed by atoms with E-state index in [1.54, 1.807) is 6.20 Å². The second kappa shape index (κ2) is 9.64. The molecule has 2 aromatic carbocycles. The molecule has 0 atom stereocenters. The minimum atomic E-state index is -0.903. The molecular formula is C26H24F3N5O3. The van der Waals surface area contributed by atoms with Crippen LogP contribution in [0.15, 0.2) is 41.3 Å². The number of halogens is 3. The Morgan fingerprint density at radius 2 is 1.89 bits per heavy atom. The van der Waals surface area contributed by atoms with Crippen LogP contribution in [0.3, 0.4) is 0 Å². The van der Waals surface area contributed by atoms with Crippen LogP contribution in [0.1, 0.15) is 47.6 Å². The molecule has 5 rings (SSSR count). The van der Waals surface area contributed by atoms with E-state index >= 15 is 8.78 Å². The van der Waals surface area contributed by atoms with Crippen molar-refractivity contribution in [3.05, 3.63) is 75.5 Å². The zero-order valence-electron chi connectivity index (χ0n) is 19.9. The summed E-state index contributed by atoms with van der Waals surface area (Å²) >= 11 is 0. The van der Waals surface area contributed by atoms with Crippen molar-refractivity contribution < 1.29 is 22.7 Å². The quantitative estimate of drug-likeness (QED) is 0.354. The van der Waals surface area contributed by atoms with Gasteiger partial charge in [-0.2, -0.15) is 5.10 Å². The molecule has 4 aromatic rings. The van der Waals surface area contributed by atoms with Crippen molar-refractivity contribution in [2.45, 2.75) is 38.3 Å². The smallest absolute Gasteiger partial charge is 0.288 e. The average Bonchev–Trinajstić information content (AvgIpc) is 3.54. The van der Waals surface area contributed by atoms with Crippen LogP contribution in [0.4, 0.5) is 19.0 Å². The van der Waals surface area contributed by atoms with Crippen molar-refractivity contribution >= 4 is 22.6 Å². The van der Waals surface area contributed by atoms with Crippen LogP contribution in [-0.2, 0) is 6.54 Å². The Kier molecular flexibility index (Phi) is 6.36. The van der Waals surface area contributed by atoms with E-state index in [0.717, 1.165) is 49.9 Å². The van der Waals surface area contributed by atoms with E-state index < -0.39 is 35.5 Å². The molecule has 0 bridgehead atoms. The monoisotopic (exact) mass is 511 g/mol. The molecule has 1 amide bonds. The Labute approximate surface area is 209 Å². The number of carbonyl (C=O) groups excluding carboxylic acids is 1. The van der Waals surface area contributed by atoms with Crippen molar-refractivity contribution in [2.24, 2.45) is 0 Å². The first-order valence-corrected chi connectivity index (χ1v) is 11.8. The van der Waals surface area contributed by atoms with Gasteiger partial charge >= 0.3 is 0 Å². The third kappa shape index (κ3) is 4.41. The van der Waals surface area contributed by atoms with Gasteiger partial charge in [0, 0.05) is 29.9 Å². The van der Waals surface area contributed by atoms with Crippen LogP contribution in [0.5, 0.6) is 5.75 Å². The van der Waals surface area contributed by atoms with E-state index in [-0.39, 0.29) is 34.3 Å². The molecule has 8 nitrogen and oxygen atoms in total. The molecule has 0 aliphatic heterocycles. The molecule has 37 heavy (non-hydrogen) atoms. The number of nitrogens with zero attached hydrogens (tertiary/aromatic N) is 2. The number of anilines is 1. The lowest BCUT2D eigenvalue weighted by atomic mass is 10.0. The summed E-state index contributed by atoms with van der Waals surface area (Å²) in [5.41, 5.74) is 6.05. The SMILES string of the molecule is COc1ccc(F)cc1C(=O)NCc1c(F)cc(-c2cn(C3CCCC3)c3c(=O)[nH]nc(N)c23)cc1F. The van der Waals surface area contributed by atoms with E-state index in [1.165, 1.54) is 13.2 Å². The lowest BCUT2D eigenvalue weighted by molar-refractivity contribution is 0.0946. The fourth-order valence-corrected chi connectivity index (χ4v) is 4.97. The lowest BCUT2D eigenvalue weighted by Crippen LogP contribution is -2.24. The molecule has 0 spiro atoms. The van der Waals surface area contributed by atoms with Crippen molar-refractivity contribution in [3.63, 3.8) is 0 Å². The lowest BCUT2D eigenvalue weighted by Gasteiger charge is -2.12. The number of nitrogen functional groups attached to an aromatic ring is 1. The van der Waals surface area contributed by atoms with Crippen LogP contribution in [-0.4, -0.2) is 27.8 Å². The van der Waals surface area contributed by atoms with Crippen molar-refractivity contribution in [3.8, 4) is 16.9 Å². The molecule has 0 saturated heterocycles. The first-order valence-electron chi connectivity index (χ1n) is 11.8. The highest BCUT2D eigenvalue weighted by Crippen LogP contribution is 2.38. The molecule has 1 saturated carbocycles. The van der Waals surface area contributed by atoms with E-state index in [2.05, 4.69) is 15.5 Å². The molecular weight excluding hydrogens is 487 g/mol. The molecule has 1 aliphatic carbocycles. The maximum absolute atomic E-state index is 15.1. The Balaban J connectivity index is 1.49. The average molecular weight is 512 g/mol. The minimum absolute atomic E-state index is 0.0440. The van der Waals surface area contributed by atoms with E-state index in [0.29, 0.717) is 16.5 Å². The molecule has 4 N–H and O–H groups in total. The summed E-state index contributed by atoms with van der Waals surface area (Å²) in [5, 5.41) is 8.96. The summed E-state index contributed by atoms with van der Waals surface area (Å²) < 4.78 is 50.8. The Bertz CT molecular complexity index is 1550. The summed E-state index contributed by atoms with van der Waals surface area (Å²) in [4.78, 5) is 25.2. The first kappa shape index (κ1) is 24.4. The molecule has 2 aromatic heterocycles. The molecule has 2 heterocycles. The number of fused-ring (bicyclic) bond motifs is 1. The number of methoxy groups -OCH3 is 1. The summed E-state index contributed by atoms with van der Waals surface area (Å²) in [5.74, 6) is -3.05. The number of amides is 1. The summed E-state index contributed by atoms with van der Waals surface area (Å²) in [6, 6.07) is 5.72. The molecule has 11 heteroatoms. The maximum atomic E-state index is 15.1. The van der Waals surface area contributed by atoms with Gasteiger partial charge in [-0.1, -0.05) is 12.8 Å². The third-order valence-electron chi connectivity index (χ3n) is 6.78. The highest BCUT2D eigenvalue weighted by molar-refractivity contribution is 6.02.